The molecular formula is C25H22N2O7S. The summed E-state index contributed by atoms with van der Waals surface area (Å²) in [5.41, 5.74) is 2.31. The van der Waals surface area contributed by atoms with Crippen molar-refractivity contribution in [2.45, 2.75) is 31.8 Å². The Bertz CT molecular complexity index is 1450. The molecule has 0 aliphatic carbocycles. The minimum atomic E-state index is -4.34. The number of hydrogen-bond donors (Lipinski definition) is 1. The van der Waals surface area contributed by atoms with Crippen molar-refractivity contribution in [1.82, 2.24) is 0 Å². The van der Waals surface area contributed by atoms with Gasteiger partial charge in [0.2, 0.25) is 0 Å². The molecule has 1 aliphatic rings. The molecule has 2 heterocycles. The summed E-state index contributed by atoms with van der Waals surface area (Å²) in [5.74, 6) is 0.180. The van der Waals surface area contributed by atoms with Gasteiger partial charge in [0.15, 0.2) is 0 Å². The van der Waals surface area contributed by atoms with Gasteiger partial charge < -0.3 is 9.15 Å². The largest absolute Gasteiger partial charge is 0.459 e. The second-order valence-corrected chi connectivity index (χ2v) is 9.48. The quantitative estimate of drug-likeness (QED) is 0.302. The van der Waals surface area contributed by atoms with Crippen molar-refractivity contribution < 1.29 is 31.7 Å². The summed E-state index contributed by atoms with van der Waals surface area (Å²) >= 11 is 0. The van der Waals surface area contributed by atoms with Gasteiger partial charge in [-0.05, 0) is 75.4 Å². The first-order chi connectivity index (χ1) is 16.5. The molecule has 3 aromatic rings. The lowest BCUT2D eigenvalue weighted by Crippen LogP contribution is -2.21. The predicted octanol–water partition coefficient (Wildman–Crippen LogP) is 4.56. The van der Waals surface area contributed by atoms with Gasteiger partial charge in [-0.1, -0.05) is 12.1 Å². The molecule has 10 heteroatoms. The van der Waals surface area contributed by atoms with E-state index in [9.17, 15) is 18.0 Å². The summed E-state index contributed by atoms with van der Waals surface area (Å²) in [5, 5.41) is 5.40. The molecule has 0 atom stereocenters. The van der Waals surface area contributed by atoms with E-state index in [1.807, 2.05) is 0 Å². The topological polar surface area (TPSA) is 126 Å². The predicted molar refractivity (Wildman–Crippen MR) is 130 cm³/mol. The van der Waals surface area contributed by atoms with Crippen LogP contribution in [0.25, 0.3) is 17.4 Å². The van der Waals surface area contributed by atoms with Crippen molar-refractivity contribution in [3.63, 3.8) is 0 Å². The number of anilines is 1. The Hall–Kier alpha value is -4.02. The van der Waals surface area contributed by atoms with Gasteiger partial charge in [0.25, 0.3) is 16.0 Å². The number of esters is 1. The van der Waals surface area contributed by atoms with E-state index in [2.05, 4.69) is 5.10 Å². The summed E-state index contributed by atoms with van der Waals surface area (Å²) in [7, 11) is -4.34. The summed E-state index contributed by atoms with van der Waals surface area (Å²) in [6.07, 6.45) is 1.37. The van der Waals surface area contributed by atoms with Crippen LogP contribution in [0.5, 0.6) is 0 Å². The van der Waals surface area contributed by atoms with E-state index in [-0.39, 0.29) is 11.0 Å². The number of amides is 1. The first-order valence-corrected chi connectivity index (χ1v) is 12.1. The lowest BCUT2D eigenvalue weighted by atomic mass is 10.1. The van der Waals surface area contributed by atoms with E-state index in [0.29, 0.717) is 34.1 Å². The van der Waals surface area contributed by atoms with E-state index >= 15 is 0 Å². The fraction of sp³-hybridized carbons (Fsp3) is 0.160. The maximum atomic E-state index is 12.9. The number of furan rings is 1. The van der Waals surface area contributed by atoms with Crippen molar-refractivity contribution in [2.75, 3.05) is 5.01 Å². The average molecular weight is 495 g/mol. The summed E-state index contributed by atoms with van der Waals surface area (Å²) < 4.78 is 42.7. The maximum Gasteiger partial charge on any atom is 0.338 e. The Kier molecular flexibility index (Phi) is 6.42. The third-order valence-electron chi connectivity index (χ3n) is 5.10. The van der Waals surface area contributed by atoms with Crippen molar-refractivity contribution in [1.29, 1.82) is 0 Å². The number of hydrazone groups is 1. The van der Waals surface area contributed by atoms with Gasteiger partial charge in [0, 0.05) is 5.56 Å². The molecule has 4 rings (SSSR count). The van der Waals surface area contributed by atoms with E-state index in [4.69, 9.17) is 13.7 Å². The number of rotatable bonds is 6. The molecule has 1 aromatic heterocycles. The first-order valence-electron chi connectivity index (χ1n) is 10.6. The average Bonchev–Trinajstić information content (AvgIpc) is 3.38. The summed E-state index contributed by atoms with van der Waals surface area (Å²) in [6, 6.07) is 15.4. The van der Waals surface area contributed by atoms with Gasteiger partial charge in [-0.15, -0.1) is 0 Å². The standard InChI is InChI=1S/C25H22N2O7S/c1-15(2)33-25(29)18-6-4-17(5-7-18)23-13-10-20(34-23)14-22-16(3)26-27(24(22)28)19-8-11-21(12-9-19)35(30,31)32/h4-15H,1-3H3,(H,30,31,32)/b22-14-. The van der Waals surface area contributed by atoms with Crippen LogP contribution in [-0.4, -0.2) is 36.7 Å². The van der Waals surface area contributed by atoms with E-state index in [1.165, 1.54) is 24.3 Å². The van der Waals surface area contributed by atoms with Crippen molar-refractivity contribution in [3.05, 3.63) is 77.6 Å². The van der Waals surface area contributed by atoms with E-state index in [0.717, 1.165) is 10.6 Å². The monoisotopic (exact) mass is 494 g/mol. The Morgan fingerprint density at radius 2 is 1.71 bits per heavy atom. The molecule has 0 spiro atoms. The zero-order chi connectivity index (χ0) is 25.3. The van der Waals surface area contributed by atoms with Gasteiger partial charge in [0.05, 0.1) is 33.5 Å². The van der Waals surface area contributed by atoms with Gasteiger partial charge in [-0.3, -0.25) is 9.35 Å². The van der Waals surface area contributed by atoms with Crippen LogP contribution >= 0.6 is 0 Å². The smallest absolute Gasteiger partial charge is 0.338 e. The maximum absolute atomic E-state index is 12.9. The number of benzene rings is 2. The molecule has 1 aliphatic heterocycles. The van der Waals surface area contributed by atoms with Crippen molar-refractivity contribution >= 4 is 39.5 Å². The number of carbonyl (C=O) groups is 2. The molecule has 0 saturated heterocycles. The van der Waals surface area contributed by atoms with Gasteiger partial charge in [-0.2, -0.15) is 18.5 Å². The zero-order valence-corrected chi connectivity index (χ0v) is 19.9. The van der Waals surface area contributed by atoms with Gasteiger partial charge >= 0.3 is 5.97 Å². The molecule has 9 nitrogen and oxygen atoms in total. The number of carbonyl (C=O) groups excluding carboxylic acids is 2. The van der Waals surface area contributed by atoms with Crippen LogP contribution in [-0.2, 0) is 19.6 Å². The molecule has 0 bridgehead atoms. The molecule has 0 saturated carbocycles. The number of nitrogens with zero attached hydrogens (tertiary/aromatic N) is 2. The molecule has 0 radical (unpaired) electrons. The highest BCUT2D eigenvalue weighted by atomic mass is 32.2. The lowest BCUT2D eigenvalue weighted by Gasteiger charge is -2.11. The molecule has 0 fully saturated rings. The third-order valence-corrected chi connectivity index (χ3v) is 5.97. The number of hydrogen-bond acceptors (Lipinski definition) is 7. The normalized spacial score (nSPS) is 15.1. The van der Waals surface area contributed by atoms with Gasteiger partial charge in [-0.25, -0.2) is 4.79 Å². The Morgan fingerprint density at radius 3 is 2.31 bits per heavy atom. The van der Waals surface area contributed by atoms with Crippen LogP contribution < -0.4 is 5.01 Å². The van der Waals surface area contributed by atoms with Crippen LogP contribution in [0.4, 0.5) is 5.69 Å². The van der Waals surface area contributed by atoms with Crippen molar-refractivity contribution in [3.8, 4) is 11.3 Å². The highest BCUT2D eigenvalue weighted by Gasteiger charge is 2.29. The molecule has 1 N–H and O–H groups in total. The molecule has 180 valence electrons. The number of ether oxygens (including phenoxy) is 1. The molecule has 0 unspecified atom stereocenters. The Labute approximate surface area is 202 Å². The van der Waals surface area contributed by atoms with Crippen molar-refractivity contribution in [2.24, 2.45) is 5.10 Å². The summed E-state index contributed by atoms with van der Waals surface area (Å²) in [6.45, 7) is 5.24. The second-order valence-electron chi connectivity index (χ2n) is 8.06. The Morgan fingerprint density at radius 1 is 1.06 bits per heavy atom. The molecule has 35 heavy (non-hydrogen) atoms. The third kappa shape index (κ3) is 5.23. The molecule has 1 amide bonds. The van der Waals surface area contributed by atoms with Crippen LogP contribution in [0.3, 0.4) is 0 Å². The highest BCUT2D eigenvalue weighted by molar-refractivity contribution is 7.85. The SMILES string of the molecule is CC1=NN(c2ccc(S(=O)(=O)O)cc2)C(=O)/C1=C\c1ccc(-c2ccc(C(=O)OC(C)C)cc2)o1. The lowest BCUT2D eigenvalue weighted by molar-refractivity contribution is -0.114. The first kappa shape index (κ1) is 24.1. The van der Waals surface area contributed by atoms with Crippen LogP contribution in [0.2, 0.25) is 0 Å². The van der Waals surface area contributed by atoms with E-state index in [1.54, 1.807) is 63.2 Å². The van der Waals surface area contributed by atoms with Gasteiger partial charge in [0.1, 0.15) is 11.5 Å². The minimum Gasteiger partial charge on any atom is -0.459 e. The van der Waals surface area contributed by atoms with Crippen LogP contribution in [0, 0.1) is 0 Å². The zero-order valence-electron chi connectivity index (χ0n) is 19.1. The van der Waals surface area contributed by atoms with Crippen LogP contribution in [0.1, 0.15) is 36.9 Å². The van der Waals surface area contributed by atoms with Crippen LogP contribution in [0.15, 0.2) is 80.7 Å². The highest BCUT2D eigenvalue weighted by Crippen LogP contribution is 2.28. The second kappa shape index (κ2) is 9.32. The molecule has 2 aromatic carbocycles. The minimum absolute atomic E-state index is 0.208. The van der Waals surface area contributed by atoms with E-state index < -0.39 is 22.0 Å². The Balaban J connectivity index is 1.52. The fourth-order valence-corrected chi connectivity index (χ4v) is 3.88. The molecular weight excluding hydrogens is 472 g/mol. The fourth-order valence-electron chi connectivity index (χ4n) is 3.40. The summed E-state index contributed by atoms with van der Waals surface area (Å²) in [4.78, 5) is 24.7.